The molecule has 1 amide bonds. The third kappa shape index (κ3) is 5.24. The molecule has 3 aromatic rings. The molecule has 1 saturated carbocycles. The van der Waals surface area contributed by atoms with Crippen LogP contribution in [0.25, 0.3) is 10.9 Å². The zero-order valence-electron chi connectivity index (χ0n) is 19.7. The lowest BCUT2D eigenvalue weighted by Crippen LogP contribution is -2.34. The number of aromatic nitrogens is 2. The molecule has 0 aliphatic heterocycles. The summed E-state index contributed by atoms with van der Waals surface area (Å²) < 4.78 is 0. The quantitative estimate of drug-likeness (QED) is 0.397. The number of benzene rings is 2. The van der Waals surface area contributed by atoms with Gasteiger partial charge in [-0.3, -0.25) is 14.9 Å². The van der Waals surface area contributed by atoms with Crippen molar-refractivity contribution in [1.29, 1.82) is 0 Å². The number of amides is 1. The molecule has 0 unspecified atom stereocenters. The Morgan fingerprint density at radius 1 is 1.12 bits per heavy atom. The van der Waals surface area contributed by atoms with Crippen LogP contribution in [0.15, 0.2) is 42.5 Å². The van der Waals surface area contributed by atoms with E-state index in [4.69, 9.17) is 9.97 Å². The van der Waals surface area contributed by atoms with Gasteiger partial charge in [-0.15, -0.1) is 0 Å². The van der Waals surface area contributed by atoms with Crippen LogP contribution in [0, 0.1) is 23.0 Å². The van der Waals surface area contributed by atoms with Gasteiger partial charge < -0.3 is 15.5 Å². The van der Waals surface area contributed by atoms with E-state index < -0.39 is 4.92 Å². The number of nitro benzene ring substituents is 1. The number of para-hydroxylation sites is 1. The van der Waals surface area contributed by atoms with Gasteiger partial charge in [-0.05, 0) is 56.7 Å². The molecule has 0 saturated heterocycles. The maximum atomic E-state index is 12.5. The van der Waals surface area contributed by atoms with Crippen LogP contribution in [-0.4, -0.2) is 47.5 Å². The highest BCUT2D eigenvalue weighted by atomic mass is 16.6. The average molecular weight is 463 g/mol. The minimum absolute atomic E-state index is 0.0347. The second-order valence-electron chi connectivity index (χ2n) is 9.11. The summed E-state index contributed by atoms with van der Waals surface area (Å²) in [5.41, 5.74) is 1.74. The molecule has 2 aromatic carbocycles. The maximum Gasteiger partial charge on any atom is 0.273 e. The van der Waals surface area contributed by atoms with Gasteiger partial charge in [-0.1, -0.05) is 18.2 Å². The number of hydrogen-bond donors (Lipinski definition) is 2. The first-order chi connectivity index (χ1) is 16.3. The molecule has 0 spiro atoms. The fraction of sp³-hybridized carbons (Fsp3) is 0.400. The van der Waals surface area contributed by atoms with E-state index in [1.807, 2.05) is 43.3 Å². The molecule has 1 heterocycles. The van der Waals surface area contributed by atoms with Crippen LogP contribution >= 0.6 is 0 Å². The number of fused-ring (bicyclic) bond motifs is 1. The van der Waals surface area contributed by atoms with Crippen LogP contribution in [0.3, 0.4) is 0 Å². The SMILES string of the molecule is Cc1ccc(C(=O)NCC2CCC(Nc3nc(N(C)C)c4ccccc4n3)CC2)cc1[N+](=O)[O-]. The van der Waals surface area contributed by atoms with Crippen LogP contribution in [-0.2, 0) is 0 Å². The van der Waals surface area contributed by atoms with Crippen LogP contribution in [0.1, 0.15) is 41.6 Å². The summed E-state index contributed by atoms with van der Waals surface area (Å²) in [4.78, 5) is 34.6. The first-order valence-corrected chi connectivity index (χ1v) is 11.6. The monoisotopic (exact) mass is 462 g/mol. The summed E-state index contributed by atoms with van der Waals surface area (Å²) >= 11 is 0. The Balaban J connectivity index is 1.31. The summed E-state index contributed by atoms with van der Waals surface area (Å²) in [6, 6.07) is 12.9. The molecule has 178 valence electrons. The Labute approximate surface area is 198 Å². The van der Waals surface area contributed by atoms with Gasteiger partial charge in [0, 0.05) is 49.3 Å². The van der Waals surface area contributed by atoms with E-state index in [0.717, 1.165) is 42.4 Å². The number of nitrogens with zero attached hydrogens (tertiary/aromatic N) is 4. The van der Waals surface area contributed by atoms with Crippen LogP contribution in [0.4, 0.5) is 17.5 Å². The third-order valence-electron chi connectivity index (χ3n) is 6.41. The number of carbonyl (C=O) groups excluding carboxylic acids is 1. The number of carbonyl (C=O) groups is 1. The molecule has 9 nitrogen and oxygen atoms in total. The average Bonchev–Trinajstić information content (AvgIpc) is 2.83. The van der Waals surface area contributed by atoms with E-state index in [9.17, 15) is 14.9 Å². The number of rotatable bonds is 7. The molecule has 0 bridgehead atoms. The van der Waals surface area contributed by atoms with Crippen molar-refractivity contribution in [3.05, 3.63) is 63.7 Å². The molecule has 34 heavy (non-hydrogen) atoms. The van der Waals surface area contributed by atoms with Gasteiger partial charge in [-0.25, -0.2) is 4.98 Å². The standard InChI is InChI=1S/C25H30N6O3/c1-16-8-11-18(14-22(16)31(33)34)24(32)26-15-17-9-12-19(13-10-17)27-25-28-21-7-5-4-6-20(21)23(29-25)30(2)3/h4-8,11,14,17,19H,9-10,12-13,15H2,1-3H3,(H,26,32)(H,27,28,29). The number of anilines is 2. The minimum atomic E-state index is -0.457. The normalized spacial score (nSPS) is 17.9. The van der Waals surface area contributed by atoms with E-state index in [2.05, 4.69) is 10.6 Å². The predicted octanol–water partition coefficient (Wildman–Crippen LogP) is 4.31. The van der Waals surface area contributed by atoms with Crippen molar-refractivity contribution in [3.8, 4) is 0 Å². The lowest BCUT2D eigenvalue weighted by atomic mass is 9.86. The molecule has 0 atom stereocenters. The fourth-order valence-electron chi connectivity index (χ4n) is 4.45. The molecule has 9 heteroatoms. The summed E-state index contributed by atoms with van der Waals surface area (Å²) in [6.07, 6.45) is 3.87. The van der Waals surface area contributed by atoms with Crippen molar-refractivity contribution < 1.29 is 9.72 Å². The van der Waals surface area contributed by atoms with Gasteiger partial charge in [0.05, 0.1) is 10.4 Å². The van der Waals surface area contributed by atoms with Crippen molar-refractivity contribution in [1.82, 2.24) is 15.3 Å². The van der Waals surface area contributed by atoms with Crippen LogP contribution < -0.4 is 15.5 Å². The molecule has 1 fully saturated rings. The van der Waals surface area contributed by atoms with E-state index >= 15 is 0 Å². The highest BCUT2D eigenvalue weighted by molar-refractivity contribution is 5.95. The zero-order chi connectivity index (χ0) is 24.2. The zero-order valence-corrected chi connectivity index (χ0v) is 19.7. The highest BCUT2D eigenvalue weighted by Gasteiger charge is 2.23. The molecule has 1 aliphatic rings. The lowest BCUT2D eigenvalue weighted by Gasteiger charge is -2.29. The number of nitrogens with one attached hydrogen (secondary N) is 2. The Hall–Kier alpha value is -3.75. The van der Waals surface area contributed by atoms with Gasteiger partial charge in [0.1, 0.15) is 5.82 Å². The van der Waals surface area contributed by atoms with Crippen LogP contribution in [0.5, 0.6) is 0 Å². The van der Waals surface area contributed by atoms with E-state index in [0.29, 0.717) is 29.5 Å². The molecule has 1 aromatic heterocycles. The Kier molecular flexibility index (Phi) is 6.90. The molecular weight excluding hydrogens is 432 g/mol. The van der Waals surface area contributed by atoms with E-state index in [1.54, 1.807) is 19.1 Å². The summed E-state index contributed by atoms with van der Waals surface area (Å²) in [7, 11) is 3.96. The Morgan fingerprint density at radius 3 is 2.56 bits per heavy atom. The molecule has 2 N–H and O–H groups in total. The van der Waals surface area contributed by atoms with Gasteiger partial charge >= 0.3 is 0 Å². The molecular formula is C25H30N6O3. The van der Waals surface area contributed by atoms with Gasteiger partial charge in [0.15, 0.2) is 0 Å². The number of aryl methyl sites for hydroxylation is 1. The van der Waals surface area contributed by atoms with Crippen LogP contribution in [0.2, 0.25) is 0 Å². The Morgan fingerprint density at radius 2 is 1.85 bits per heavy atom. The number of nitro groups is 1. The van der Waals surface area contributed by atoms with Crippen molar-refractivity contribution in [2.24, 2.45) is 5.92 Å². The second kappa shape index (κ2) is 10.0. The third-order valence-corrected chi connectivity index (χ3v) is 6.41. The van der Waals surface area contributed by atoms with Crippen molar-refractivity contribution in [2.45, 2.75) is 38.6 Å². The van der Waals surface area contributed by atoms with Crippen molar-refractivity contribution >= 4 is 34.3 Å². The summed E-state index contributed by atoms with van der Waals surface area (Å²) in [6.45, 7) is 2.22. The molecule has 1 aliphatic carbocycles. The number of hydrogen-bond acceptors (Lipinski definition) is 7. The maximum absolute atomic E-state index is 12.5. The minimum Gasteiger partial charge on any atom is -0.362 e. The van der Waals surface area contributed by atoms with Gasteiger partial charge in [0.25, 0.3) is 11.6 Å². The largest absolute Gasteiger partial charge is 0.362 e. The topological polar surface area (TPSA) is 113 Å². The first kappa shape index (κ1) is 23.4. The smallest absolute Gasteiger partial charge is 0.273 e. The first-order valence-electron chi connectivity index (χ1n) is 11.6. The lowest BCUT2D eigenvalue weighted by molar-refractivity contribution is -0.385. The van der Waals surface area contributed by atoms with Crippen molar-refractivity contribution in [2.75, 3.05) is 30.9 Å². The van der Waals surface area contributed by atoms with E-state index in [1.165, 1.54) is 6.07 Å². The van der Waals surface area contributed by atoms with E-state index in [-0.39, 0.29) is 17.6 Å². The summed E-state index contributed by atoms with van der Waals surface area (Å²) in [5.74, 6) is 1.63. The fourth-order valence-corrected chi connectivity index (χ4v) is 4.45. The van der Waals surface area contributed by atoms with Gasteiger partial charge in [0.2, 0.25) is 5.95 Å². The molecule has 0 radical (unpaired) electrons. The Bertz CT molecular complexity index is 1200. The second-order valence-corrected chi connectivity index (χ2v) is 9.11. The van der Waals surface area contributed by atoms with Crippen molar-refractivity contribution in [3.63, 3.8) is 0 Å². The van der Waals surface area contributed by atoms with Gasteiger partial charge in [-0.2, -0.15) is 4.98 Å². The predicted molar refractivity (Wildman–Crippen MR) is 133 cm³/mol. The highest BCUT2D eigenvalue weighted by Crippen LogP contribution is 2.28. The molecule has 4 rings (SSSR count). The summed E-state index contributed by atoms with van der Waals surface area (Å²) in [5, 5.41) is 18.6.